The monoisotopic (exact) mass is 477 g/mol. The van der Waals surface area contributed by atoms with E-state index < -0.39 is 11.6 Å². The number of phenols is 1. The topological polar surface area (TPSA) is 87.1 Å². The lowest BCUT2D eigenvalue weighted by Crippen LogP contribution is -2.44. The number of carboxylic acids is 1. The average molecular weight is 478 g/mol. The van der Waals surface area contributed by atoms with E-state index in [-0.39, 0.29) is 23.2 Å². The highest BCUT2D eigenvalue weighted by Crippen LogP contribution is 2.38. The third-order valence-electron chi connectivity index (χ3n) is 5.73. The number of hydrogen-bond donors (Lipinski definition) is 2. The summed E-state index contributed by atoms with van der Waals surface area (Å²) in [6.07, 6.45) is 1.04. The number of carbonyl (C=O) groups is 2. The van der Waals surface area contributed by atoms with Gasteiger partial charge in [-0.1, -0.05) is 86.6 Å². The van der Waals surface area contributed by atoms with Crippen LogP contribution < -0.4 is 0 Å². The van der Waals surface area contributed by atoms with Gasteiger partial charge in [0.1, 0.15) is 16.9 Å². The van der Waals surface area contributed by atoms with Crippen molar-refractivity contribution in [2.45, 2.75) is 32.3 Å². The molecule has 0 aliphatic rings. The summed E-state index contributed by atoms with van der Waals surface area (Å²) in [4.78, 5) is 24.8. The first-order chi connectivity index (χ1) is 16.7. The minimum Gasteiger partial charge on any atom is -0.507 e. The molecule has 3 aromatic rings. The van der Waals surface area contributed by atoms with Crippen molar-refractivity contribution >= 4 is 11.9 Å². The van der Waals surface area contributed by atoms with E-state index in [9.17, 15) is 9.59 Å². The maximum absolute atomic E-state index is 12.3. The van der Waals surface area contributed by atoms with Crippen molar-refractivity contribution in [1.29, 1.82) is 0 Å². The van der Waals surface area contributed by atoms with Crippen molar-refractivity contribution in [1.82, 2.24) is 4.90 Å². The molecule has 3 aromatic carbocycles. The molecule has 0 bridgehead atoms. The Bertz CT molecular complexity index is 1070. The third kappa shape index (κ3) is 7.97. The van der Waals surface area contributed by atoms with Crippen molar-refractivity contribution in [3.63, 3.8) is 0 Å². The summed E-state index contributed by atoms with van der Waals surface area (Å²) in [6, 6.07) is 26.2. The number of benzene rings is 3. The van der Waals surface area contributed by atoms with Crippen molar-refractivity contribution in [2.75, 3.05) is 20.6 Å². The van der Waals surface area contributed by atoms with Gasteiger partial charge in [-0.3, -0.25) is 4.79 Å². The highest BCUT2D eigenvalue weighted by atomic mass is 16.6. The van der Waals surface area contributed by atoms with E-state index in [4.69, 9.17) is 14.9 Å². The van der Waals surface area contributed by atoms with Crippen molar-refractivity contribution in [3.05, 3.63) is 102 Å². The molecule has 35 heavy (non-hydrogen) atoms. The molecule has 0 spiro atoms. The van der Waals surface area contributed by atoms with Crippen LogP contribution in [0.25, 0.3) is 0 Å². The number of nitrogens with zero attached hydrogens (tertiary/aromatic N) is 1. The Morgan fingerprint density at radius 1 is 0.914 bits per heavy atom. The number of aromatic hydroxyl groups is 1. The molecule has 0 heterocycles. The summed E-state index contributed by atoms with van der Waals surface area (Å²) >= 11 is 0. The van der Waals surface area contributed by atoms with E-state index in [1.54, 1.807) is 12.1 Å². The average Bonchev–Trinajstić information content (AvgIpc) is 2.84. The van der Waals surface area contributed by atoms with Crippen molar-refractivity contribution in [2.24, 2.45) is 5.92 Å². The Labute approximate surface area is 207 Å². The Morgan fingerprint density at radius 3 is 1.94 bits per heavy atom. The second kappa shape index (κ2) is 13.3. The largest absolute Gasteiger partial charge is 0.507 e. The quantitative estimate of drug-likeness (QED) is 0.403. The third-order valence-corrected chi connectivity index (χ3v) is 5.73. The summed E-state index contributed by atoms with van der Waals surface area (Å²) < 4.78 is 6.17. The molecule has 0 aliphatic heterocycles. The van der Waals surface area contributed by atoms with Gasteiger partial charge in [0, 0.05) is 25.3 Å². The number of carbonyl (C=O) groups excluding carboxylic acids is 1. The van der Waals surface area contributed by atoms with Gasteiger partial charge < -0.3 is 19.8 Å². The highest BCUT2D eigenvalue weighted by Gasteiger charge is 2.42. The predicted molar refractivity (Wildman–Crippen MR) is 137 cm³/mol. The zero-order valence-electron chi connectivity index (χ0n) is 20.8. The number of para-hydroxylation sites is 1. The number of aromatic carboxylic acids is 1. The molecule has 0 fully saturated rings. The Hall–Kier alpha value is -3.64. The maximum Gasteiger partial charge on any atom is 0.339 e. The van der Waals surface area contributed by atoms with Crippen molar-refractivity contribution in [3.8, 4) is 5.75 Å². The molecule has 0 saturated heterocycles. The van der Waals surface area contributed by atoms with Crippen LogP contribution >= 0.6 is 0 Å². The zero-order valence-corrected chi connectivity index (χ0v) is 20.8. The molecule has 3 rings (SSSR count). The molecule has 0 aromatic heterocycles. The van der Waals surface area contributed by atoms with E-state index in [1.165, 1.54) is 17.7 Å². The standard InChI is InChI=1S/C22H29NO2.C7H6O3/c1-5-21(24)25-22(18(2)17-23(3)4,20-14-10-7-11-15-20)16-19-12-8-6-9-13-19;8-6-4-2-1-3-5(6)7(9)10/h6-15,18H,5,16-17H2,1-4H3;1-4,8H,(H,9,10)/t18-,22+;/m1./s1. The molecular weight excluding hydrogens is 442 g/mol. The maximum atomic E-state index is 12.3. The van der Waals surface area contributed by atoms with Gasteiger partial charge in [0.25, 0.3) is 0 Å². The lowest BCUT2D eigenvalue weighted by Gasteiger charge is -2.40. The van der Waals surface area contributed by atoms with E-state index in [0.29, 0.717) is 12.8 Å². The molecule has 6 nitrogen and oxygen atoms in total. The predicted octanol–water partition coefficient (Wildman–Crippen LogP) is 5.37. The molecular formula is C29H35NO5. The normalized spacial score (nSPS) is 13.2. The minimum atomic E-state index is -1.11. The molecule has 0 unspecified atom stereocenters. The summed E-state index contributed by atoms with van der Waals surface area (Å²) in [5.41, 5.74) is 1.47. The van der Waals surface area contributed by atoms with Crippen LogP contribution in [0.15, 0.2) is 84.9 Å². The molecule has 2 N–H and O–H groups in total. The highest BCUT2D eigenvalue weighted by molar-refractivity contribution is 5.90. The molecule has 186 valence electrons. The van der Waals surface area contributed by atoms with Gasteiger partial charge in [0.05, 0.1) is 0 Å². The van der Waals surface area contributed by atoms with Crippen LogP contribution in [0.5, 0.6) is 5.75 Å². The number of ether oxygens (including phenoxy) is 1. The van der Waals surface area contributed by atoms with E-state index in [0.717, 1.165) is 12.1 Å². The fraction of sp³-hybridized carbons (Fsp3) is 0.310. The number of rotatable bonds is 9. The molecule has 0 amide bonds. The van der Waals surface area contributed by atoms with Gasteiger partial charge in [-0.25, -0.2) is 4.79 Å². The first kappa shape index (κ1) is 27.6. The second-order valence-corrected chi connectivity index (χ2v) is 8.73. The van der Waals surface area contributed by atoms with Crippen LogP contribution in [0.2, 0.25) is 0 Å². The number of esters is 1. The summed E-state index contributed by atoms with van der Waals surface area (Å²) in [5, 5.41) is 17.3. The molecule has 0 radical (unpaired) electrons. The van der Waals surface area contributed by atoms with Crippen LogP contribution in [0.3, 0.4) is 0 Å². The van der Waals surface area contributed by atoms with Gasteiger partial charge in [-0.05, 0) is 37.4 Å². The molecule has 0 saturated carbocycles. The number of carboxylic acid groups (broad SMARTS) is 1. The first-order valence-corrected chi connectivity index (χ1v) is 11.7. The van der Waals surface area contributed by atoms with Crippen LogP contribution in [0, 0.1) is 5.92 Å². The molecule has 2 atom stereocenters. The van der Waals surface area contributed by atoms with Gasteiger partial charge in [-0.2, -0.15) is 0 Å². The fourth-order valence-corrected chi connectivity index (χ4v) is 4.00. The summed E-state index contributed by atoms with van der Waals surface area (Å²) in [7, 11) is 4.10. The zero-order chi connectivity index (χ0) is 25.8. The van der Waals surface area contributed by atoms with E-state index >= 15 is 0 Å². The van der Waals surface area contributed by atoms with Crippen LogP contribution in [0.1, 0.15) is 41.8 Å². The smallest absolute Gasteiger partial charge is 0.339 e. The lowest BCUT2D eigenvalue weighted by atomic mass is 9.77. The van der Waals surface area contributed by atoms with E-state index in [2.05, 4.69) is 50.2 Å². The van der Waals surface area contributed by atoms with Crippen molar-refractivity contribution < 1.29 is 24.5 Å². The lowest BCUT2D eigenvalue weighted by molar-refractivity contribution is -0.168. The first-order valence-electron chi connectivity index (χ1n) is 11.7. The Morgan fingerprint density at radius 2 is 1.46 bits per heavy atom. The van der Waals surface area contributed by atoms with E-state index in [1.807, 2.05) is 43.3 Å². The fourth-order valence-electron chi connectivity index (χ4n) is 4.00. The summed E-state index contributed by atoms with van der Waals surface area (Å²) in [5.74, 6) is -1.33. The van der Waals surface area contributed by atoms with Gasteiger partial charge >= 0.3 is 11.9 Å². The van der Waals surface area contributed by atoms with Crippen LogP contribution in [-0.4, -0.2) is 47.7 Å². The van der Waals surface area contributed by atoms with Gasteiger partial charge in [-0.15, -0.1) is 0 Å². The van der Waals surface area contributed by atoms with Gasteiger partial charge in [0.15, 0.2) is 0 Å². The second-order valence-electron chi connectivity index (χ2n) is 8.73. The Balaban J connectivity index is 0.000000360. The number of hydrogen-bond acceptors (Lipinski definition) is 5. The van der Waals surface area contributed by atoms with Crippen LogP contribution in [-0.2, 0) is 21.6 Å². The molecule has 6 heteroatoms. The SMILES string of the molecule is CCC(=O)O[C@](Cc1ccccc1)(c1ccccc1)[C@H](C)CN(C)C.O=C(O)c1ccccc1O. The molecule has 0 aliphatic carbocycles. The van der Waals surface area contributed by atoms with Crippen LogP contribution in [0.4, 0.5) is 0 Å². The minimum absolute atomic E-state index is 0.0671. The summed E-state index contributed by atoms with van der Waals surface area (Å²) in [6.45, 7) is 4.84. The van der Waals surface area contributed by atoms with Gasteiger partial charge in [0.2, 0.25) is 0 Å². The Kier molecular flexibility index (Phi) is 10.5.